The van der Waals surface area contributed by atoms with Crippen LogP contribution in [-0.2, 0) is 4.79 Å². The van der Waals surface area contributed by atoms with Crippen LogP contribution in [-0.4, -0.2) is 59.5 Å². The number of hydrogen-bond acceptors (Lipinski definition) is 8. The van der Waals surface area contributed by atoms with Crippen LogP contribution < -0.4 is 15.2 Å². The molecule has 3 heterocycles. The van der Waals surface area contributed by atoms with Crippen molar-refractivity contribution in [1.82, 2.24) is 9.88 Å². The van der Waals surface area contributed by atoms with Crippen LogP contribution in [0.1, 0.15) is 18.4 Å². The van der Waals surface area contributed by atoms with Gasteiger partial charge in [-0.1, -0.05) is 29.8 Å². The Morgan fingerprint density at radius 3 is 2.91 bits per heavy atom. The van der Waals surface area contributed by atoms with Gasteiger partial charge in [-0.25, -0.2) is 9.38 Å². The van der Waals surface area contributed by atoms with Crippen molar-refractivity contribution in [3.05, 3.63) is 58.4 Å². The first kappa shape index (κ1) is 22.4. The molecule has 4 rings (SSSR count). The number of nitrogens with two attached hydrogens (primary N) is 1. The molecule has 0 aliphatic carbocycles. The molecule has 3 N–H and O–H groups in total. The lowest BCUT2D eigenvalue weighted by Crippen LogP contribution is -2.38. The lowest BCUT2D eigenvalue weighted by atomic mass is 9.92. The second-order valence-corrected chi connectivity index (χ2v) is 8.75. The third-order valence-electron chi connectivity index (χ3n) is 5.17. The zero-order valence-corrected chi connectivity index (χ0v) is 19.0. The lowest BCUT2D eigenvalue weighted by Gasteiger charge is -2.26. The Morgan fingerprint density at radius 1 is 1.34 bits per heavy atom. The van der Waals surface area contributed by atoms with Crippen molar-refractivity contribution in [2.24, 2.45) is 10.1 Å². The number of aliphatic hydroxyl groups is 1. The molecule has 0 saturated heterocycles. The molecule has 0 bridgehead atoms. The van der Waals surface area contributed by atoms with Gasteiger partial charge in [0, 0.05) is 53.3 Å². The first-order chi connectivity index (χ1) is 15.4. The summed E-state index contributed by atoms with van der Waals surface area (Å²) in [6.45, 7) is 3.13. The Hall–Kier alpha value is -2.75. The van der Waals surface area contributed by atoms with Crippen LogP contribution in [0.3, 0.4) is 0 Å². The van der Waals surface area contributed by atoms with E-state index < -0.39 is 12.0 Å². The van der Waals surface area contributed by atoms with E-state index in [0.717, 1.165) is 10.5 Å². The molecule has 32 heavy (non-hydrogen) atoms. The number of fused-ring (bicyclic) bond motifs is 1. The summed E-state index contributed by atoms with van der Waals surface area (Å²) < 4.78 is 15.3. The van der Waals surface area contributed by atoms with Crippen molar-refractivity contribution in [3.63, 3.8) is 0 Å². The minimum Gasteiger partial charge on any atom is -0.484 e. The van der Waals surface area contributed by atoms with Gasteiger partial charge in [0.1, 0.15) is 13.2 Å². The van der Waals surface area contributed by atoms with Gasteiger partial charge in [0.2, 0.25) is 5.91 Å². The van der Waals surface area contributed by atoms with E-state index in [-0.39, 0.29) is 12.5 Å². The van der Waals surface area contributed by atoms with Crippen LogP contribution in [0.4, 0.5) is 0 Å². The molecular weight excluding hydrogens is 452 g/mol. The first-order valence-electron chi connectivity index (χ1n) is 10.1. The number of halogens is 1. The Balaban J connectivity index is 1.41. The predicted octanol–water partition coefficient (Wildman–Crippen LogP) is 2.80. The highest BCUT2D eigenvalue weighted by Crippen LogP contribution is 2.33. The van der Waals surface area contributed by atoms with Gasteiger partial charge >= 0.3 is 0 Å². The summed E-state index contributed by atoms with van der Waals surface area (Å²) in [5, 5.41) is 10.7. The fraction of sp³-hybridized carbons (Fsp3) is 0.318. The Bertz CT molecular complexity index is 1080. The number of nitrogens with zero attached hydrogens (tertiary/aromatic N) is 3. The molecule has 8 nitrogen and oxygen atoms in total. The standard InChI is InChI=1S/C22H23ClN4O4S/c1-13(28)20(16-4-2-3-5-17(16)23)22(29)27-11-14(18(24)12-27)9-26-32-15-8-19-21(25-10-15)31-7-6-30-19/h2-5,8-10,13,20,28H,6-7,11-12,24H2,1H3/b26-9+. The summed E-state index contributed by atoms with van der Waals surface area (Å²) in [5.74, 6) is 0.0679. The van der Waals surface area contributed by atoms with Gasteiger partial charge in [0.25, 0.3) is 5.88 Å². The number of hydrogen-bond donors (Lipinski definition) is 2. The highest BCUT2D eigenvalue weighted by atomic mass is 35.5. The van der Waals surface area contributed by atoms with E-state index >= 15 is 0 Å². The van der Waals surface area contributed by atoms with Crippen LogP contribution in [0.5, 0.6) is 11.6 Å². The second kappa shape index (κ2) is 9.81. The van der Waals surface area contributed by atoms with Crippen molar-refractivity contribution in [3.8, 4) is 11.6 Å². The molecule has 2 aliphatic rings. The lowest BCUT2D eigenvalue weighted by molar-refractivity contribution is -0.133. The molecule has 2 atom stereocenters. The molecule has 2 unspecified atom stereocenters. The number of carbonyl (C=O) groups is 1. The molecule has 2 aromatic rings. The molecule has 168 valence electrons. The van der Waals surface area contributed by atoms with Crippen molar-refractivity contribution in [1.29, 1.82) is 0 Å². The number of aromatic nitrogens is 1. The van der Waals surface area contributed by atoms with Crippen LogP contribution in [0.15, 0.2) is 57.1 Å². The Labute approximate surface area is 195 Å². The van der Waals surface area contributed by atoms with Gasteiger partial charge in [-0.2, -0.15) is 0 Å². The molecule has 1 aromatic carbocycles. The SMILES string of the molecule is CC(O)C(C(=O)N1CC(N)=C(/C=N/Sc2cnc3c(c2)OCCO3)C1)c1ccccc1Cl. The minimum absolute atomic E-state index is 0.233. The topological polar surface area (TPSA) is 110 Å². The predicted molar refractivity (Wildman–Crippen MR) is 123 cm³/mol. The van der Waals surface area contributed by atoms with Gasteiger partial charge < -0.3 is 25.2 Å². The van der Waals surface area contributed by atoms with Gasteiger partial charge in [-0.3, -0.25) is 4.79 Å². The van der Waals surface area contributed by atoms with E-state index in [1.54, 1.807) is 48.5 Å². The number of pyridine rings is 1. The summed E-state index contributed by atoms with van der Waals surface area (Å²) >= 11 is 7.50. The average Bonchev–Trinajstić information content (AvgIpc) is 3.15. The largest absolute Gasteiger partial charge is 0.484 e. The number of rotatable bonds is 6. The maximum absolute atomic E-state index is 13.2. The Kier molecular flexibility index (Phi) is 6.88. The highest BCUT2D eigenvalue weighted by molar-refractivity contribution is 7.98. The summed E-state index contributed by atoms with van der Waals surface area (Å²) in [5.41, 5.74) is 8.08. The molecule has 2 aliphatic heterocycles. The quantitative estimate of drug-likeness (QED) is 0.489. The van der Waals surface area contributed by atoms with Gasteiger partial charge in [0.15, 0.2) is 5.75 Å². The fourth-order valence-corrected chi connectivity index (χ4v) is 4.40. The highest BCUT2D eigenvalue weighted by Gasteiger charge is 2.34. The maximum atomic E-state index is 13.2. The maximum Gasteiger partial charge on any atom is 0.257 e. The smallest absolute Gasteiger partial charge is 0.257 e. The molecule has 0 fully saturated rings. The van der Waals surface area contributed by atoms with E-state index in [2.05, 4.69) is 9.38 Å². The number of ether oxygens (including phenoxy) is 2. The van der Waals surface area contributed by atoms with Crippen molar-refractivity contribution >= 4 is 35.7 Å². The zero-order valence-electron chi connectivity index (χ0n) is 17.4. The third kappa shape index (κ3) is 4.85. The van der Waals surface area contributed by atoms with Crippen molar-refractivity contribution in [2.45, 2.75) is 23.8 Å². The summed E-state index contributed by atoms with van der Waals surface area (Å²) in [7, 11) is 0. The van der Waals surface area contributed by atoms with Crippen LogP contribution in [0, 0.1) is 0 Å². The number of amides is 1. The van der Waals surface area contributed by atoms with Crippen LogP contribution >= 0.6 is 23.5 Å². The van der Waals surface area contributed by atoms with Crippen molar-refractivity contribution < 1.29 is 19.4 Å². The van der Waals surface area contributed by atoms with Crippen molar-refractivity contribution in [2.75, 3.05) is 26.3 Å². The number of aliphatic hydroxyl groups excluding tert-OH is 1. The summed E-state index contributed by atoms with van der Waals surface area (Å²) in [4.78, 5) is 19.8. The van der Waals surface area contributed by atoms with Crippen LogP contribution in [0.2, 0.25) is 5.02 Å². The van der Waals surface area contributed by atoms with E-state index in [1.807, 2.05) is 6.07 Å². The molecule has 0 spiro atoms. The van der Waals surface area contributed by atoms with Crippen LogP contribution in [0.25, 0.3) is 0 Å². The Morgan fingerprint density at radius 2 is 2.12 bits per heavy atom. The van der Waals surface area contributed by atoms with Gasteiger partial charge in [0.05, 0.1) is 23.5 Å². The number of benzene rings is 1. The van der Waals surface area contributed by atoms with E-state index in [1.165, 1.54) is 11.9 Å². The van der Waals surface area contributed by atoms with E-state index in [0.29, 0.717) is 47.7 Å². The molecule has 1 amide bonds. The zero-order chi connectivity index (χ0) is 22.7. The molecule has 1 aromatic heterocycles. The third-order valence-corrected chi connectivity index (χ3v) is 6.16. The minimum atomic E-state index is -0.903. The first-order valence-corrected chi connectivity index (χ1v) is 11.2. The summed E-state index contributed by atoms with van der Waals surface area (Å²) in [6.07, 6.45) is 2.41. The summed E-state index contributed by atoms with van der Waals surface area (Å²) in [6, 6.07) is 8.86. The number of carbonyl (C=O) groups excluding carboxylic acids is 1. The normalized spacial score (nSPS) is 17.7. The van der Waals surface area contributed by atoms with E-state index in [9.17, 15) is 9.90 Å². The average molecular weight is 475 g/mol. The van der Waals surface area contributed by atoms with Gasteiger partial charge in [-0.05, 0) is 18.6 Å². The second-order valence-electron chi connectivity index (χ2n) is 7.48. The molecular formula is C22H23ClN4O4S. The molecule has 0 saturated carbocycles. The monoisotopic (exact) mass is 474 g/mol. The van der Waals surface area contributed by atoms with Gasteiger partial charge in [-0.15, -0.1) is 0 Å². The van der Waals surface area contributed by atoms with E-state index in [4.69, 9.17) is 26.8 Å². The molecule has 10 heteroatoms. The fourth-order valence-electron chi connectivity index (χ4n) is 3.59. The molecule has 0 radical (unpaired) electrons.